The topological polar surface area (TPSA) is 65.1 Å². The van der Waals surface area contributed by atoms with Crippen molar-refractivity contribution < 1.29 is 8.83 Å². The minimum absolute atomic E-state index is 0.380. The lowest BCUT2D eigenvalue weighted by Crippen LogP contribution is -2.15. The summed E-state index contributed by atoms with van der Waals surface area (Å²) in [6, 6.07) is 47.2. The van der Waals surface area contributed by atoms with Gasteiger partial charge in [-0.25, -0.2) is 0 Å². The highest BCUT2D eigenvalue weighted by Crippen LogP contribution is 2.39. The van der Waals surface area contributed by atoms with Crippen LogP contribution in [0.15, 0.2) is 158 Å². The monoisotopic (exact) mass is 566 g/mol. The smallest absolute Gasteiger partial charge is 0.136 e. The van der Waals surface area contributed by atoms with Gasteiger partial charge < -0.3 is 19.1 Å². The lowest BCUT2D eigenvalue weighted by molar-refractivity contribution is 0.668. The van der Waals surface area contributed by atoms with E-state index in [0.717, 1.165) is 71.7 Å². The molecule has 0 fully saturated rings. The van der Waals surface area contributed by atoms with Crippen LogP contribution < -0.4 is 0 Å². The molecule has 5 heteroatoms. The van der Waals surface area contributed by atoms with E-state index >= 15 is 0 Å². The Morgan fingerprint density at radius 1 is 0.500 bits per heavy atom. The third kappa shape index (κ3) is 4.02. The van der Waals surface area contributed by atoms with Crippen molar-refractivity contribution >= 4 is 55.5 Å². The molecule has 0 amide bonds. The second-order valence-electron chi connectivity index (χ2n) is 11.0. The Morgan fingerprint density at radius 3 is 1.98 bits per heavy atom. The Hall–Kier alpha value is -5.94. The molecule has 1 aliphatic rings. The molecule has 1 aliphatic heterocycles. The summed E-state index contributed by atoms with van der Waals surface area (Å²) in [6.45, 7) is 0. The van der Waals surface area contributed by atoms with E-state index in [9.17, 15) is 0 Å². The first kappa shape index (κ1) is 24.6. The quantitative estimate of drug-likeness (QED) is 0.213. The zero-order valence-electron chi connectivity index (χ0n) is 23.5. The van der Waals surface area contributed by atoms with Gasteiger partial charge in [-0.05, 0) is 64.2 Å². The first-order valence-electron chi connectivity index (χ1n) is 14.6. The molecule has 0 saturated heterocycles. The minimum Gasteiger partial charge on any atom is -0.456 e. The van der Waals surface area contributed by atoms with Crippen LogP contribution in [-0.2, 0) is 0 Å². The van der Waals surface area contributed by atoms with Crippen LogP contribution in [0.3, 0.4) is 0 Å². The van der Waals surface area contributed by atoms with Crippen LogP contribution in [0.1, 0.15) is 22.9 Å². The normalized spacial score (nSPS) is 15.0. The summed E-state index contributed by atoms with van der Waals surface area (Å²) in [4.78, 5) is 9.81. The summed E-state index contributed by atoms with van der Waals surface area (Å²) < 4.78 is 12.6. The molecular weight excluding hydrogens is 542 g/mol. The average molecular weight is 567 g/mol. The highest BCUT2D eigenvalue weighted by Gasteiger charge is 2.17. The first-order valence-corrected chi connectivity index (χ1v) is 14.6. The summed E-state index contributed by atoms with van der Waals surface area (Å²) in [5.41, 5.74) is 8.44. The predicted octanol–water partition coefficient (Wildman–Crippen LogP) is 10.4. The number of benzene rings is 6. The first-order chi connectivity index (χ1) is 21.8. The van der Waals surface area contributed by atoms with Gasteiger partial charge in [-0.3, -0.25) is 4.99 Å². The van der Waals surface area contributed by atoms with Gasteiger partial charge in [0.2, 0.25) is 0 Å². The fraction of sp³-hybridized carbons (Fsp3) is 0.0256. The standard InChI is InChI=1S/C39H24N3O2/c1-3-10-24(11-4-1)37-40-38(25-12-5-2-6-13-25)42-39(41-37)27-19-21-30-29-20-18-26(22-34(29)44-35(30)23-27)28-15-9-17-33-36(28)31-14-7-8-16-32(31)43-33/h1-23,37H/q-1. The summed E-state index contributed by atoms with van der Waals surface area (Å²) in [5, 5.41) is 9.31. The van der Waals surface area contributed by atoms with E-state index in [-0.39, 0.29) is 6.17 Å². The molecule has 0 radical (unpaired) electrons. The number of hydrogen-bond acceptors (Lipinski definition) is 4. The number of fused-ring (bicyclic) bond motifs is 6. The van der Waals surface area contributed by atoms with Crippen molar-refractivity contribution in [3.63, 3.8) is 0 Å². The van der Waals surface area contributed by atoms with Crippen molar-refractivity contribution in [3.05, 3.63) is 162 Å². The van der Waals surface area contributed by atoms with Crippen LogP contribution in [0.4, 0.5) is 0 Å². The van der Waals surface area contributed by atoms with Crippen molar-refractivity contribution in [3.8, 4) is 11.1 Å². The molecule has 208 valence electrons. The van der Waals surface area contributed by atoms with Gasteiger partial charge in [-0.1, -0.05) is 109 Å². The summed E-state index contributed by atoms with van der Waals surface area (Å²) in [6.07, 6.45) is -0.380. The zero-order valence-corrected chi connectivity index (χ0v) is 23.5. The molecule has 6 aromatic carbocycles. The Balaban J connectivity index is 1.14. The molecule has 0 saturated carbocycles. The van der Waals surface area contributed by atoms with Crippen LogP contribution in [0, 0.1) is 0 Å². The van der Waals surface area contributed by atoms with Crippen LogP contribution in [0.5, 0.6) is 0 Å². The van der Waals surface area contributed by atoms with Crippen LogP contribution in [-0.4, -0.2) is 11.7 Å². The molecule has 0 bridgehead atoms. The number of aliphatic imine (C=N–C) groups is 2. The second kappa shape index (κ2) is 9.82. The van der Waals surface area contributed by atoms with Crippen molar-refractivity contribution in [1.29, 1.82) is 0 Å². The highest BCUT2D eigenvalue weighted by atomic mass is 16.3. The Bertz CT molecular complexity index is 2420. The van der Waals surface area contributed by atoms with Gasteiger partial charge in [0, 0.05) is 21.5 Å². The van der Waals surface area contributed by atoms with Crippen LogP contribution in [0.2, 0.25) is 0 Å². The lowest BCUT2D eigenvalue weighted by atomic mass is 9.98. The van der Waals surface area contributed by atoms with E-state index in [1.807, 2.05) is 84.9 Å². The van der Waals surface area contributed by atoms with Crippen molar-refractivity contribution in [2.45, 2.75) is 6.17 Å². The fourth-order valence-corrected chi connectivity index (χ4v) is 6.16. The van der Waals surface area contributed by atoms with Gasteiger partial charge in [0.1, 0.15) is 22.3 Å². The van der Waals surface area contributed by atoms with Crippen molar-refractivity contribution in [1.82, 2.24) is 0 Å². The minimum atomic E-state index is -0.380. The Labute approximate surface area is 252 Å². The second-order valence-corrected chi connectivity index (χ2v) is 11.0. The Morgan fingerprint density at radius 2 is 1.16 bits per heavy atom. The SMILES string of the molecule is c1ccc(C2=NC(c3ccccc3)[N-]C(c3ccc4c(c3)oc3cc(-c5cccc6oc7ccccc7c56)ccc34)=N2)cc1. The molecule has 5 nitrogen and oxygen atoms in total. The molecule has 8 aromatic rings. The number of amidine groups is 2. The molecule has 9 rings (SSSR count). The summed E-state index contributed by atoms with van der Waals surface area (Å²) >= 11 is 0. The predicted molar refractivity (Wildman–Crippen MR) is 178 cm³/mol. The molecule has 2 aromatic heterocycles. The van der Waals surface area contributed by atoms with E-state index in [4.69, 9.17) is 24.1 Å². The van der Waals surface area contributed by atoms with Crippen LogP contribution in [0.25, 0.3) is 60.3 Å². The summed E-state index contributed by atoms with van der Waals surface area (Å²) in [5.74, 6) is 1.30. The van der Waals surface area contributed by atoms with E-state index in [0.29, 0.717) is 11.7 Å². The zero-order chi connectivity index (χ0) is 29.0. The van der Waals surface area contributed by atoms with Gasteiger partial charge >= 0.3 is 0 Å². The molecule has 1 atom stereocenters. The number of nitrogens with zero attached hydrogens (tertiary/aromatic N) is 3. The Kier molecular flexibility index (Phi) is 5.50. The highest BCUT2D eigenvalue weighted by molar-refractivity contribution is 6.20. The van der Waals surface area contributed by atoms with E-state index in [1.165, 1.54) is 0 Å². The number of para-hydroxylation sites is 1. The van der Waals surface area contributed by atoms with E-state index in [2.05, 4.69) is 54.6 Å². The van der Waals surface area contributed by atoms with E-state index in [1.54, 1.807) is 0 Å². The number of rotatable bonds is 4. The molecule has 1 unspecified atom stereocenters. The van der Waals surface area contributed by atoms with Crippen molar-refractivity contribution in [2.24, 2.45) is 9.98 Å². The molecule has 3 heterocycles. The molecule has 0 N–H and O–H groups in total. The van der Waals surface area contributed by atoms with Crippen LogP contribution >= 0.6 is 0 Å². The maximum Gasteiger partial charge on any atom is 0.136 e. The maximum absolute atomic E-state index is 6.50. The van der Waals surface area contributed by atoms with Gasteiger partial charge in [0.05, 0.1) is 12.0 Å². The molecule has 0 aliphatic carbocycles. The third-order valence-corrected chi connectivity index (χ3v) is 8.28. The van der Waals surface area contributed by atoms with Crippen molar-refractivity contribution in [2.75, 3.05) is 0 Å². The largest absolute Gasteiger partial charge is 0.456 e. The fourth-order valence-electron chi connectivity index (χ4n) is 6.16. The maximum atomic E-state index is 6.50. The van der Waals surface area contributed by atoms with Gasteiger partial charge in [0.15, 0.2) is 0 Å². The molecule has 0 spiro atoms. The van der Waals surface area contributed by atoms with E-state index < -0.39 is 0 Å². The molecule has 44 heavy (non-hydrogen) atoms. The van der Waals surface area contributed by atoms with Gasteiger partial charge in [0.25, 0.3) is 0 Å². The summed E-state index contributed by atoms with van der Waals surface area (Å²) in [7, 11) is 0. The average Bonchev–Trinajstić information content (AvgIpc) is 3.66. The van der Waals surface area contributed by atoms with Gasteiger partial charge in [-0.2, -0.15) is 0 Å². The number of furan rings is 2. The van der Waals surface area contributed by atoms with Gasteiger partial charge in [-0.15, -0.1) is 0 Å². The molecular formula is C39H24N3O2-. The number of hydrogen-bond donors (Lipinski definition) is 0. The third-order valence-electron chi connectivity index (χ3n) is 8.28. The lowest BCUT2D eigenvalue weighted by Gasteiger charge is -2.32.